The second-order valence-corrected chi connectivity index (χ2v) is 6.49. The summed E-state index contributed by atoms with van der Waals surface area (Å²) >= 11 is 1.39. The maximum atomic E-state index is 12.8. The van der Waals surface area contributed by atoms with Gasteiger partial charge in [0.2, 0.25) is 0 Å². The van der Waals surface area contributed by atoms with E-state index in [1.165, 1.54) is 24.2 Å². The van der Waals surface area contributed by atoms with E-state index in [4.69, 9.17) is 5.73 Å². The molecular formula is C14H24N4OS. The molecule has 1 aliphatic rings. The number of likely N-dealkylation sites (tertiary alicyclic amines) is 1. The van der Waals surface area contributed by atoms with Gasteiger partial charge in [0.25, 0.3) is 5.91 Å². The monoisotopic (exact) mass is 296 g/mol. The number of nitrogen functional groups attached to an aromatic ring is 1. The summed E-state index contributed by atoms with van der Waals surface area (Å²) in [7, 11) is 3.82. The van der Waals surface area contributed by atoms with E-state index in [-0.39, 0.29) is 5.91 Å². The van der Waals surface area contributed by atoms with Crippen LogP contribution in [0.4, 0.5) is 10.9 Å². The molecule has 6 heteroatoms. The molecule has 0 spiro atoms. The van der Waals surface area contributed by atoms with Crippen molar-refractivity contribution in [3.63, 3.8) is 0 Å². The normalized spacial score (nSPS) is 19.8. The van der Waals surface area contributed by atoms with Gasteiger partial charge in [-0.05, 0) is 19.3 Å². The Bertz CT molecular complexity index is 472. The molecule has 1 amide bonds. The van der Waals surface area contributed by atoms with Crippen LogP contribution in [0.1, 0.15) is 48.7 Å². The van der Waals surface area contributed by atoms with Gasteiger partial charge in [-0.25, -0.2) is 4.98 Å². The van der Waals surface area contributed by atoms with Gasteiger partial charge < -0.3 is 15.5 Å². The fourth-order valence-corrected chi connectivity index (χ4v) is 3.53. The van der Waals surface area contributed by atoms with Gasteiger partial charge in [0.05, 0.1) is 0 Å². The summed E-state index contributed by atoms with van der Waals surface area (Å²) in [6.07, 6.45) is 5.61. The molecule has 0 bridgehead atoms. The van der Waals surface area contributed by atoms with E-state index in [1.54, 1.807) is 0 Å². The standard InChI is InChI=1S/C14H24N4OS/c1-4-10-8-6-5-7-9-18(10)13(19)11-12(15)16-14(20-11)17(2)3/h10H,4-9,15H2,1-3H3. The highest BCUT2D eigenvalue weighted by Crippen LogP contribution is 2.30. The van der Waals surface area contributed by atoms with E-state index in [9.17, 15) is 4.79 Å². The van der Waals surface area contributed by atoms with Gasteiger partial charge in [0.1, 0.15) is 10.7 Å². The van der Waals surface area contributed by atoms with E-state index in [1.807, 2.05) is 23.9 Å². The summed E-state index contributed by atoms with van der Waals surface area (Å²) in [4.78, 5) is 21.5. The number of carbonyl (C=O) groups excluding carboxylic acids is 1. The second kappa shape index (κ2) is 6.43. The Labute approximate surface area is 124 Å². The Kier molecular flexibility index (Phi) is 4.86. The topological polar surface area (TPSA) is 62.5 Å². The fraction of sp³-hybridized carbons (Fsp3) is 0.714. The lowest BCUT2D eigenvalue weighted by Gasteiger charge is -2.28. The summed E-state index contributed by atoms with van der Waals surface area (Å²) in [6, 6.07) is 0.342. The molecule has 1 atom stereocenters. The highest BCUT2D eigenvalue weighted by Gasteiger charge is 2.28. The summed E-state index contributed by atoms with van der Waals surface area (Å²) in [5, 5.41) is 0.786. The van der Waals surface area contributed by atoms with Gasteiger partial charge in [-0.2, -0.15) is 0 Å². The van der Waals surface area contributed by atoms with Crippen molar-refractivity contribution in [2.75, 3.05) is 31.3 Å². The molecule has 2 N–H and O–H groups in total. The molecule has 2 rings (SSSR count). The Morgan fingerprint density at radius 3 is 2.80 bits per heavy atom. The second-order valence-electron chi connectivity index (χ2n) is 5.52. The van der Waals surface area contributed by atoms with Gasteiger partial charge in [-0.1, -0.05) is 31.1 Å². The van der Waals surface area contributed by atoms with Gasteiger partial charge >= 0.3 is 0 Å². The minimum atomic E-state index is 0.0573. The molecule has 1 unspecified atom stereocenters. The smallest absolute Gasteiger partial charge is 0.268 e. The first-order chi connectivity index (χ1) is 9.54. The maximum Gasteiger partial charge on any atom is 0.268 e. The van der Waals surface area contributed by atoms with Crippen molar-refractivity contribution in [3.8, 4) is 0 Å². The van der Waals surface area contributed by atoms with Crippen molar-refractivity contribution in [2.24, 2.45) is 0 Å². The first-order valence-corrected chi connectivity index (χ1v) is 8.10. The Morgan fingerprint density at radius 2 is 2.20 bits per heavy atom. The zero-order valence-corrected chi connectivity index (χ0v) is 13.4. The number of nitrogens with two attached hydrogens (primary N) is 1. The Morgan fingerprint density at radius 1 is 1.45 bits per heavy atom. The lowest BCUT2D eigenvalue weighted by atomic mass is 10.1. The van der Waals surface area contributed by atoms with Crippen molar-refractivity contribution in [3.05, 3.63) is 4.88 Å². The van der Waals surface area contributed by atoms with Crippen molar-refractivity contribution in [2.45, 2.75) is 45.1 Å². The number of hydrogen-bond acceptors (Lipinski definition) is 5. The quantitative estimate of drug-likeness (QED) is 0.931. The molecule has 5 nitrogen and oxygen atoms in total. The third kappa shape index (κ3) is 3.06. The van der Waals surface area contributed by atoms with E-state index in [0.717, 1.165) is 30.9 Å². The first kappa shape index (κ1) is 15.1. The van der Waals surface area contributed by atoms with Crippen molar-refractivity contribution < 1.29 is 4.79 Å². The third-order valence-electron chi connectivity index (χ3n) is 3.83. The fourth-order valence-electron chi connectivity index (χ4n) is 2.66. The molecule has 0 saturated carbocycles. The van der Waals surface area contributed by atoms with Crippen LogP contribution >= 0.6 is 11.3 Å². The van der Waals surface area contributed by atoms with E-state index in [0.29, 0.717) is 16.7 Å². The van der Waals surface area contributed by atoms with Crippen LogP contribution in [0.15, 0.2) is 0 Å². The number of amides is 1. The van der Waals surface area contributed by atoms with Crippen LogP contribution in [-0.4, -0.2) is 42.5 Å². The van der Waals surface area contributed by atoms with Crippen LogP contribution in [0.5, 0.6) is 0 Å². The number of carbonyl (C=O) groups is 1. The maximum absolute atomic E-state index is 12.8. The average molecular weight is 296 g/mol. The number of thiazole rings is 1. The third-order valence-corrected chi connectivity index (χ3v) is 5.06. The predicted molar refractivity (Wildman–Crippen MR) is 84.4 cm³/mol. The summed E-state index contributed by atoms with van der Waals surface area (Å²) in [5.74, 6) is 0.421. The molecule has 112 valence electrons. The zero-order chi connectivity index (χ0) is 14.7. The van der Waals surface area contributed by atoms with Crippen molar-refractivity contribution in [1.29, 1.82) is 0 Å². The van der Waals surface area contributed by atoms with Gasteiger partial charge in [-0.15, -0.1) is 0 Å². The van der Waals surface area contributed by atoms with Crippen LogP contribution in [0.2, 0.25) is 0 Å². The number of anilines is 2. The highest BCUT2D eigenvalue weighted by atomic mass is 32.1. The molecule has 1 aromatic rings. The SMILES string of the molecule is CCC1CCCCCN1C(=O)c1sc(N(C)C)nc1N. The van der Waals surface area contributed by atoms with Crippen molar-refractivity contribution >= 4 is 28.2 Å². The predicted octanol–water partition coefficient (Wildman–Crippen LogP) is 2.59. The average Bonchev–Trinajstić information content (AvgIpc) is 2.67. The van der Waals surface area contributed by atoms with Crippen LogP contribution in [-0.2, 0) is 0 Å². The first-order valence-electron chi connectivity index (χ1n) is 7.29. The molecule has 0 aliphatic carbocycles. The van der Waals surface area contributed by atoms with E-state index < -0.39 is 0 Å². The molecule has 2 heterocycles. The lowest BCUT2D eigenvalue weighted by Crippen LogP contribution is -2.39. The number of aromatic nitrogens is 1. The lowest BCUT2D eigenvalue weighted by molar-refractivity contribution is 0.0684. The molecule has 1 saturated heterocycles. The molecule has 0 aromatic carbocycles. The summed E-state index contributed by atoms with van der Waals surface area (Å²) in [6.45, 7) is 2.99. The van der Waals surface area contributed by atoms with Gasteiger partial charge in [-0.3, -0.25) is 4.79 Å². The summed E-state index contributed by atoms with van der Waals surface area (Å²) < 4.78 is 0. The zero-order valence-electron chi connectivity index (χ0n) is 12.6. The number of nitrogens with zero attached hydrogens (tertiary/aromatic N) is 3. The molecule has 1 aromatic heterocycles. The molecule has 1 fully saturated rings. The minimum Gasteiger partial charge on any atom is -0.382 e. The van der Waals surface area contributed by atoms with E-state index >= 15 is 0 Å². The minimum absolute atomic E-state index is 0.0573. The molecule has 0 radical (unpaired) electrons. The van der Waals surface area contributed by atoms with Gasteiger partial charge in [0.15, 0.2) is 5.13 Å². The Hall–Kier alpha value is -1.30. The van der Waals surface area contributed by atoms with Crippen LogP contribution < -0.4 is 10.6 Å². The van der Waals surface area contributed by atoms with Crippen molar-refractivity contribution in [1.82, 2.24) is 9.88 Å². The van der Waals surface area contributed by atoms with Crippen LogP contribution in [0.3, 0.4) is 0 Å². The number of rotatable bonds is 3. The van der Waals surface area contributed by atoms with Crippen LogP contribution in [0.25, 0.3) is 0 Å². The molecule has 20 heavy (non-hydrogen) atoms. The van der Waals surface area contributed by atoms with Crippen LogP contribution in [0, 0.1) is 0 Å². The van der Waals surface area contributed by atoms with E-state index in [2.05, 4.69) is 11.9 Å². The molecule has 1 aliphatic heterocycles. The van der Waals surface area contributed by atoms with Gasteiger partial charge in [0, 0.05) is 26.7 Å². The summed E-state index contributed by atoms with van der Waals surface area (Å²) in [5.41, 5.74) is 5.94. The Balaban J connectivity index is 2.24. The highest BCUT2D eigenvalue weighted by molar-refractivity contribution is 7.18. The number of hydrogen-bond donors (Lipinski definition) is 1. The molecular weight excluding hydrogens is 272 g/mol. The largest absolute Gasteiger partial charge is 0.382 e.